The van der Waals surface area contributed by atoms with Gasteiger partial charge in [-0.2, -0.15) is 0 Å². The minimum absolute atomic E-state index is 0.0899. The Labute approximate surface area is 211 Å². The lowest BCUT2D eigenvalue weighted by Crippen LogP contribution is -2.43. The monoisotopic (exact) mass is 475 g/mol. The fourth-order valence-corrected chi connectivity index (χ4v) is 5.71. The van der Waals surface area contributed by atoms with Crippen molar-refractivity contribution < 1.29 is 9.53 Å². The van der Waals surface area contributed by atoms with Gasteiger partial charge in [-0.25, -0.2) is 0 Å². The molecule has 2 aliphatic heterocycles. The van der Waals surface area contributed by atoms with Gasteiger partial charge in [-0.05, 0) is 66.8 Å². The first-order chi connectivity index (χ1) is 16.9. The van der Waals surface area contributed by atoms with Gasteiger partial charge in [0, 0.05) is 31.7 Å². The molecule has 0 saturated carbocycles. The molecule has 5 nitrogen and oxygen atoms in total. The number of allylic oxidation sites excluding steroid dienone is 2. The van der Waals surface area contributed by atoms with Gasteiger partial charge in [0.2, 0.25) is 5.91 Å². The van der Waals surface area contributed by atoms with Crippen LogP contribution in [0.3, 0.4) is 0 Å². The first-order valence-electron chi connectivity index (χ1n) is 13.2. The van der Waals surface area contributed by atoms with Crippen LogP contribution in [0, 0.1) is 5.41 Å². The number of hydrogen-bond acceptors (Lipinski definition) is 4. The van der Waals surface area contributed by atoms with Gasteiger partial charge >= 0.3 is 0 Å². The Morgan fingerprint density at radius 1 is 1.31 bits per heavy atom. The smallest absolute Gasteiger partial charge is 0.241 e. The number of rotatable bonds is 10. The third-order valence-corrected chi connectivity index (χ3v) is 7.42. The highest BCUT2D eigenvalue weighted by Gasteiger charge is 2.37. The predicted octanol–water partition coefficient (Wildman–Crippen LogP) is 6.00. The molecule has 1 amide bonds. The van der Waals surface area contributed by atoms with Crippen molar-refractivity contribution in [3.8, 4) is 5.75 Å². The molecule has 0 N–H and O–H groups in total. The van der Waals surface area contributed by atoms with Crippen LogP contribution >= 0.6 is 0 Å². The summed E-state index contributed by atoms with van der Waals surface area (Å²) in [6.45, 7) is 11.7. The van der Waals surface area contributed by atoms with Gasteiger partial charge in [-0.1, -0.05) is 51.5 Å². The van der Waals surface area contributed by atoms with Crippen molar-refractivity contribution in [3.63, 3.8) is 0 Å². The molecule has 35 heavy (non-hydrogen) atoms. The van der Waals surface area contributed by atoms with Crippen molar-refractivity contribution in [2.45, 2.75) is 71.8 Å². The maximum Gasteiger partial charge on any atom is 0.241 e. The lowest BCUT2D eigenvalue weighted by molar-refractivity contribution is -0.120. The average Bonchev–Trinajstić information content (AvgIpc) is 3.46. The number of carbonyl (C=O) groups is 1. The van der Waals surface area contributed by atoms with Crippen LogP contribution in [0.1, 0.15) is 70.4 Å². The second-order valence-electron chi connectivity index (χ2n) is 10.8. The van der Waals surface area contributed by atoms with E-state index >= 15 is 0 Å². The van der Waals surface area contributed by atoms with Crippen molar-refractivity contribution in [3.05, 3.63) is 66.0 Å². The zero-order valence-corrected chi connectivity index (χ0v) is 21.9. The van der Waals surface area contributed by atoms with Crippen LogP contribution in [-0.4, -0.2) is 48.1 Å². The largest absolute Gasteiger partial charge is 0.493 e. The maximum absolute atomic E-state index is 13.7. The molecule has 1 fully saturated rings. The molecule has 4 rings (SSSR count). The normalized spacial score (nSPS) is 20.2. The number of amides is 1. The minimum Gasteiger partial charge on any atom is -0.493 e. The highest BCUT2D eigenvalue weighted by atomic mass is 16.5. The first-order valence-corrected chi connectivity index (χ1v) is 13.2. The molecular weight excluding hydrogens is 434 g/mol. The Morgan fingerprint density at radius 2 is 2.17 bits per heavy atom. The molecule has 188 valence electrons. The van der Waals surface area contributed by atoms with E-state index in [1.54, 1.807) is 12.4 Å². The van der Waals surface area contributed by atoms with Crippen LogP contribution in [0.25, 0.3) is 0 Å². The second-order valence-corrected chi connectivity index (χ2v) is 10.8. The molecule has 0 aliphatic carbocycles. The Kier molecular flexibility index (Phi) is 8.27. The highest BCUT2D eigenvalue weighted by Crippen LogP contribution is 2.39. The molecule has 1 aromatic carbocycles. The van der Waals surface area contributed by atoms with E-state index < -0.39 is 0 Å². The molecule has 2 aromatic rings. The number of ether oxygens (including phenoxy) is 1. The van der Waals surface area contributed by atoms with Gasteiger partial charge in [-0.3, -0.25) is 14.7 Å². The molecule has 2 atom stereocenters. The zero-order chi connectivity index (χ0) is 24.8. The lowest BCUT2D eigenvalue weighted by atomic mass is 9.83. The number of carbonyl (C=O) groups excluding carboxylic acids is 1. The van der Waals surface area contributed by atoms with Gasteiger partial charge in [-0.15, -0.1) is 0 Å². The van der Waals surface area contributed by atoms with Crippen LogP contribution in [0.5, 0.6) is 5.75 Å². The van der Waals surface area contributed by atoms with E-state index in [0.717, 1.165) is 63.2 Å². The SMILES string of the molecule is C/C=C/C(C)(C)C[C@H]1C[C@@H](c2ccc3c(c2)CCO3)CN1CC(=O)N(CCCC)c1cccnc1. The molecular formula is C30H41N3O2. The standard InChI is InChI=1S/C30H41N3O2/c1-5-7-15-33(26-9-8-14-31-20-26)29(34)22-32-21-25(18-27(32)19-30(3,4)13-6-2)23-10-11-28-24(17-23)12-16-35-28/h6,8-11,13-14,17,20,25,27H,5,7,12,15-16,18-19,21-22H2,1-4H3/b13-6+/t25-,27-/m1/s1. The predicted molar refractivity (Wildman–Crippen MR) is 143 cm³/mol. The molecule has 0 unspecified atom stereocenters. The minimum atomic E-state index is 0.0899. The van der Waals surface area contributed by atoms with E-state index in [4.69, 9.17) is 4.74 Å². The molecule has 1 aromatic heterocycles. The molecule has 2 aliphatic rings. The summed E-state index contributed by atoms with van der Waals surface area (Å²) in [4.78, 5) is 22.3. The van der Waals surface area contributed by atoms with E-state index in [-0.39, 0.29) is 11.3 Å². The average molecular weight is 476 g/mol. The highest BCUT2D eigenvalue weighted by molar-refractivity contribution is 5.94. The molecule has 0 radical (unpaired) electrons. The molecule has 0 bridgehead atoms. The van der Waals surface area contributed by atoms with Crippen LogP contribution < -0.4 is 9.64 Å². The van der Waals surface area contributed by atoms with Crippen LogP contribution in [0.2, 0.25) is 0 Å². The Hall–Kier alpha value is -2.66. The summed E-state index contributed by atoms with van der Waals surface area (Å²) in [6.07, 6.45) is 13.2. The topological polar surface area (TPSA) is 45.7 Å². The van der Waals surface area contributed by atoms with Crippen molar-refractivity contribution in [1.82, 2.24) is 9.88 Å². The Balaban J connectivity index is 1.55. The number of benzene rings is 1. The molecule has 0 spiro atoms. The van der Waals surface area contributed by atoms with E-state index in [0.29, 0.717) is 18.5 Å². The zero-order valence-electron chi connectivity index (χ0n) is 21.9. The number of aromatic nitrogens is 1. The summed E-state index contributed by atoms with van der Waals surface area (Å²) in [5.41, 5.74) is 3.69. The van der Waals surface area contributed by atoms with Gasteiger partial charge in [0.1, 0.15) is 5.75 Å². The number of hydrogen-bond donors (Lipinski definition) is 0. The summed E-state index contributed by atoms with van der Waals surface area (Å²) in [7, 11) is 0. The Morgan fingerprint density at radius 3 is 2.91 bits per heavy atom. The van der Waals surface area contributed by atoms with Gasteiger partial charge in [0.05, 0.1) is 25.0 Å². The quantitative estimate of drug-likeness (QED) is 0.395. The number of nitrogens with zero attached hydrogens (tertiary/aromatic N) is 3. The third kappa shape index (κ3) is 6.32. The Bertz CT molecular complexity index is 1020. The van der Waals surface area contributed by atoms with Crippen LogP contribution in [0.15, 0.2) is 54.9 Å². The lowest BCUT2D eigenvalue weighted by Gasteiger charge is -2.32. The number of anilines is 1. The van der Waals surface area contributed by atoms with Crippen molar-refractivity contribution in [1.29, 1.82) is 0 Å². The summed E-state index contributed by atoms with van der Waals surface area (Å²) in [5, 5.41) is 0. The fourth-order valence-electron chi connectivity index (χ4n) is 5.71. The van der Waals surface area contributed by atoms with Gasteiger partial charge in [0.15, 0.2) is 0 Å². The summed E-state index contributed by atoms with van der Waals surface area (Å²) in [6, 6.07) is 11.0. The van der Waals surface area contributed by atoms with E-state index in [1.165, 1.54) is 11.1 Å². The maximum atomic E-state index is 13.7. The van der Waals surface area contributed by atoms with Crippen LogP contribution in [-0.2, 0) is 11.2 Å². The van der Waals surface area contributed by atoms with Gasteiger partial charge < -0.3 is 9.64 Å². The van der Waals surface area contributed by atoms with E-state index in [1.807, 2.05) is 17.0 Å². The molecule has 1 saturated heterocycles. The van der Waals surface area contributed by atoms with Crippen molar-refractivity contribution in [2.24, 2.45) is 5.41 Å². The summed E-state index contributed by atoms with van der Waals surface area (Å²) < 4.78 is 5.73. The summed E-state index contributed by atoms with van der Waals surface area (Å²) >= 11 is 0. The summed E-state index contributed by atoms with van der Waals surface area (Å²) in [5.74, 6) is 1.64. The third-order valence-electron chi connectivity index (χ3n) is 7.42. The second kappa shape index (κ2) is 11.4. The first kappa shape index (κ1) is 25.4. The number of fused-ring (bicyclic) bond motifs is 1. The van der Waals surface area contributed by atoms with E-state index in [2.05, 4.69) is 67.9 Å². The number of pyridine rings is 1. The van der Waals surface area contributed by atoms with Crippen molar-refractivity contribution >= 4 is 11.6 Å². The molecule has 5 heteroatoms. The van der Waals surface area contributed by atoms with Crippen LogP contribution in [0.4, 0.5) is 5.69 Å². The number of unbranched alkanes of at least 4 members (excludes halogenated alkanes) is 1. The fraction of sp³-hybridized carbons (Fsp3) is 0.533. The molecule has 3 heterocycles. The van der Waals surface area contributed by atoms with E-state index in [9.17, 15) is 4.79 Å². The van der Waals surface area contributed by atoms with Gasteiger partial charge in [0.25, 0.3) is 0 Å². The van der Waals surface area contributed by atoms with Crippen molar-refractivity contribution in [2.75, 3.05) is 31.1 Å². The number of likely N-dealkylation sites (tertiary alicyclic amines) is 1.